The van der Waals surface area contributed by atoms with Crippen LogP contribution in [0.25, 0.3) is 0 Å². The number of esters is 2. The molecule has 0 aliphatic rings. The van der Waals surface area contributed by atoms with Gasteiger partial charge < -0.3 is 9.47 Å². The molecule has 0 atom stereocenters. The predicted octanol–water partition coefficient (Wildman–Crippen LogP) is 9.35. The van der Waals surface area contributed by atoms with E-state index >= 15 is 0 Å². The van der Waals surface area contributed by atoms with Crippen LogP contribution in [0, 0.1) is 11.8 Å². The van der Waals surface area contributed by atoms with Crippen LogP contribution in [-0.2, 0) is 19.1 Å². The van der Waals surface area contributed by atoms with Gasteiger partial charge in [0, 0.05) is 12.2 Å². The molecule has 4 heteroatoms. The van der Waals surface area contributed by atoms with Gasteiger partial charge in [0.25, 0.3) is 0 Å². The van der Waals surface area contributed by atoms with Crippen LogP contribution >= 0.6 is 0 Å². The van der Waals surface area contributed by atoms with E-state index in [4.69, 9.17) is 9.47 Å². The van der Waals surface area contributed by atoms with Gasteiger partial charge in [0.1, 0.15) is 6.10 Å². The van der Waals surface area contributed by atoms with Crippen molar-refractivity contribution < 1.29 is 19.1 Å². The fourth-order valence-electron chi connectivity index (χ4n) is 4.58. The number of carbonyl (C=O) groups is 2. The summed E-state index contributed by atoms with van der Waals surface area (Å²) in [6.07, 6.45) is 26.2. The van der Waals surface area contributed by atoms with E-state index < -0.39 is 11.9 Å². The van der Waals surface area contributed by atoms with Crippen LogP contribution in [0.2, 0.25) is 0 Å². The minimum atomic E-state index is -0.484. The Morgan fingerprint density at radius 2 is 0.886 bits per heavy atom. The Bertz CT molecular complexity index is 516. The Balaban J connectivity index is 3.45. The topological polar surface area (TPSA) is 52.6 Å². The van der Waals surface area contributed by atoms with Crippen LogP contribution < -0.4 is 0 Å². The summed E-state index contributed by atoms with van der Waals surface area (Å²) in [5, 5.41) is 0. The first kappa shape index (κ1) is 33.7. The van der Waals surface area contributed by atoms with Crippen molar-refractivity contribution in [2.75, 3.05) is 6.61 Å². The molecule has 0 N–H and O–H groups in total. The summed E-state index contributed by atoms with van der Waals surface area (Å²) in [6.45, 7) is 10.8. The summed E-state index contributed by atoms with van der Waals surface area (Å²) < 4.78 is 10.6. The van der Waals surface area contributed by atoms with Gasteiger partial charge in [-0.05, 0) is 18.3 Å². The van der Waals surface area contributed by atoms with Gasteiger partial charge in [0.2, 0.25) is 0 Å². The highest BCUT2D eigenvalue weighted by Crippen LogP contribution is 2.17. The Hall–Kier alpha value is -1.32. The van der Waals surface area contributed by atoms with Gasteiger partial charge >= 0.3 is 11.9 Å². The highest BCUT2D eigenvalue weighted by Gasteiger charge is 2.20. The zero-order chi connectivity index (χ0) is 26.2. The van der Waals surface area contributed by atoms with E-state index in [0.29, 0.717) is 6.61 Å². The lowest BCUT2D eigenvalue weighted by molar-refractivity contribution is -0.148. The molecule has 0 unspecified atom stereocenters. The standard InChI is InChI=1S/C31H58O4/c1-6-7-8-9-10-11-12-13-14-15-16-17-18-19-20-21-22-23-26-34-29(32)24-25-30(33)35-31(27(2)3)28(4)5/h24-25,27-28,31H,6-23,26H2,1-5H3/b25-24+. The van der Waals surface area contributed by atoms with E-state index in [0.717, 1.165) is 12.8 Å². The van der Waals surface area contributed by atoms with E-state index in [1.165, 1.54) is 115 Å². The molecule has 35 heavy (non-hydrogen) atoms. The first-order valence-corrected chi connectivity index (χ1v) is 14.9. The van der Waals surface area contributed by atoms with Crippen molar-refractivity contribution in [2.45, 2.75) is 156 Å². The summed E-state index contributed by atoms with van der Waals surface area (Å²) in [4.78, 5) is 23.7. The van der Waals surface area contributed by atoms with Gasteiger partial charge in [-0.15, -0.1) is 0 Å². The molecular weight excluding hydrogens is 436 g/mol. The van der Waals surface area contributed by atoms with Gasteiger partial charge in [-0.3, -0.25) is 0 Å². The number of carbonyl (C=O) groups excluding carboxylic acids is 2. The maximum Gasteiger partial charge on any atom is 0.331 e. The molecule has 0 aliphatic heterocycles. The Kier molecular flexibility index (Phi) is 23.5. The van der Waals surface area contributed by atoms with Gasteiger partial charge in [0.15, 0.2) is 0 Å². The Morgan fingerprint density at radius 1 is 0.543 bits per heavy atom. The molecule has 0 heterocycles. The van der Waals surface area contributed by atoms with E-state index in [2.05, 4.69) is 6.92 Å². The van der Waals surface area contributed by atoms with Crippen LogP contribution in [0.3, 0.4) is 0 Å². The molecule has 0 saturated carbocycles. The van der Waals surface area contributed by atoms with Gasteiger partial charge in [-0.1, -0.05) is 144 Å². The molecule has 0 rings (SSSR count). The molecule has 0 bridgehead atoms. The monoisotopic (exact) mass is 494 g/mol. The first-order valence-electron chi connectivity index (χ1n) is 14.9. The highest BCUT2D eigenvalue weighted by atomic mass is 16.5. The molecule has 0 spiro atoms. The van der Waals surface area contributed by atoms with E-state index in [-0.39, 0.29) is 17.9 Å². The minimum Gasteiger partial charge on any atom is -0.463 e. The summed E-state index contributed by atoms with van der Waals surface area (Å²) >= 11 is 0. The first-order chi connectivity index (χ1) is 16.9. The zero-order valence-electron chi connectivity index (χ0n) is 24.0. The Labute approximate surface area is 218 Å². The summed E-state index contributed by atoms with van der Waals surface area (Å²) in [7, 11) is 0. The largest absolute Gasteiger partial charge is 0.463 e. The molecule has 0 amide bonds. The van der Waals surface area contributed by atoms with Crippen LogP contribution in [-0.4, -0.2) is 24.6 Å². The van der Waals surface area contributed by atoms with Crippen LogP contribution in [0.5, 0.6) is 0 Å². The fraction of sp³-hybridized carbons (Fsp3) is 0.871. The van der Waals surface area contributed by atoms with Crippen LogP contribution in [0.1, 0.15) is 150 Å². The molecule has 0 saturated heterocycles. The molecule has 0 aromatic heterocycles. The third-order valence-electron chi connectivity index (χ3n) is 6.66. The van der Waals surface area contributed by atoms with Gasteiger partial charge in [0.05, 0.1) is 6.61 Å². The lowest BCUT2D eigenvalue weighted by Crippen LogP contribution is -2.28. The summed E-state index contributed by atoms with van der Waals surface area (Å²) in [5.74, 6) is -0.477. The third kappa shape index (κ3) is 22.9. The Morgan fingerprint density at radius 3 is 1.26 bits per heavy atom. The van der Waals surface area contributed by atoms with Crippen LogP contribution in [0.15, 0.2) is 12.2 Å². The third-order valence-corrected chi connectivity index (χ3v) is 6.66. The smallest absolute Gasteiger partial charge is 0.331 e. The van der Waals surface area contributed by atoms with E-state index in [9.17, 15) is 9.59 Å². The SMILES string of the molecule is CCCCCCCCCCCCCCCCCCCCOC(=O)/C=C/C(=O)OC(C(C)C)C(C)C. The summed E-state index contributed by atoms with van der Waals surface area (Å²) in [6, 6.07) is 0. The second kappa shape index (κ2) is 24.4. The second-order valence-corrected chi connectivity index (χ2v) is 10.9. The van der Waals surface area contributed by atoms with Gasteiger partial charge in [-0.25, -0.2) is 9.59 Å². The zero-order valence-corrected chi connectivity index (χ0v) is 24.0. The molecular formula is C31H58O4. The van der Waals surface area contributed by atoms with E-state index in [1.54, 1.807) is 0 Å². The molecule has 0 fully saturated rings. The van der Waals surface area contributed by atoms with Crippen molar-refractivity contribution >= 4 is 11.9 Å². The number of rotatable bonds is 24. The number of hydrogen-bond acceptors (Lipinski definition) is 4. The maximum absolute atomic E-state index is 11.9. The minimum absolute atomic E-state index is 0.150. The predicted molar refractivity (Wildman–Crippen MR) is 148 cm³/mol. The maximum atomic E-state index is 11.9. The van der Waals surface area contributed by atoms with Crippen molar-refractivity contribution in [1.29, 1.82) is 0 Å². The summed E-state index contributed by atoms with van der Waals surface area (Å²) in [5.41, 5.74) is 0. The second-order valence-electron chi connectivity index (χ2n) is 10.9. The average molecular weight is 495 g/mol. The van der Waals surface area contributed by atoms with Crippen molar-refractivity contribution in [1.82, 2.24) is 0 Å². The normalized spacial score (nSPS) is 11.8. The average Bonchev–Trinajstić information content (AvgIpc) is 2.82. The lowest BCUT2D eigenvalue weighted by Gasteiger charge is -2.24. The number of hydrogen-bond donors (Lipinski definition) is 0. The molecule has 206 valence electrons. The number of unbranched alkanes of at least 4 members (excludes halogenated alkanes) is 17. The van der Waals surface area contributed by atoms with Crippen molar-refractivity contribution in [2.24, 2.45) is 11.8 Å². The quantitative estimate of drug-likeness (QED) is 0.0761. The van der Waals surface area contributed by atoms with Crippen molar-refractivity contribution in [3.63, 3.8) is 0 Å². The van der Waals surface area contributed by atoms with Crippen molar-refractivity contribution in [3.8, 4) is 0 Å². The highest BCUT2D eigenvalue weighted by molar-refractivity contribution is 5.91. The fourth-order valence-corrected chi connectivity index (χ4v) is 4.58. The number of ether oxygens (including phenoxy) is 2. The molecule has 0 aliphatic carbocycles. The lowest BCUT2D eigenvalue weighted by atomic mass is 9.96. The molecule has 4 nitrogen and oxygen atoms in total. The van der Waals surface area contributed by atoms with E-state index in [1.807, 2.05) is 27.7 Å². The molecule has 0 aromatic carbocycles. The van der Waals surface area contributed by atoms with Gasteiger partial charge in [-0.2, -0.15) is 0 Å². The molecule has 0 aromatic rings. The van der Waals surface area contributed by atoms with Crippen molar-refractivity contribution in [3.05, 3.63) is 12.2 Å². The molecule has 0 radical (unpaired) electrons. The van der Waals surface area contributed by atoms with Crippen LogP contribution in [0.4, 0.5) is 0 Å².